The van der Waals surface area contributed by atoms with Crippen molar-refractivity contribution in [2.75, 3.05) is 33.2 Å². The maximum absolute atomic E-state index is 4.47. The van der Waals surface area contributed by atoms with E-state index in [0.29, 0.717) is 5.92 Å². The van der Waals surface area contributed by atoms with Crippen LogP contribution in [0, 0.1) is 5.92 Å². The summed E-state index contributed by atoms with van der Waals surface area (Å²) in [6.45, 7) is 5.54. The van der Waals surface area contributed by atoms with Crippen LogP contribution in [0.1, 0.15) is 10.4 Å². The van der Waals surface area contributed by atoms with E-state index in [9.17, 15) is 0 Å². The molecule has 1 aliphatic heterocycles. The van der Waals surface area contributed by atoms with E-state index in [4.69, 9.17) is 0 Å². The predicted molar refractivity (Wildman–Crippen MR) is 104 cm³/mol. The number of likely N-dealkylation sites (N-methyl/N-ethyl adjacent to an activating group) is 1. The van der Waals surface area contributed by atoms with Crippen LogP contribution >= 0.6 is 11.3 Å². The molecule has 0 radical (unpaired) electrons. The lowest BCUT2D eigenvalue weighted by Crippen LogP contribution is -2.30. The fourth-order valence-corrected chi connectivity index (χ4v) is 4.46. The second-order valence-corrected chi connectivity index (χ2v) is 8.03. The number of hydrogen-bond donors (Lipinski definition) is 0. The van der Waals surface area contributed by atoms with Crippen molar-refractivity contribution in [3.05, 3.63) is 58.8 Å². The van der Waals surface area contributed by atoms with Crippen molar-refractivity contribution in [2.24, 2.45) is 5.92 Å². The van der Waals surface area contributed by atoms with E-state index in [1.807, 2.05) is 17.9 Å². The maximum atomic E-state index is 4.47. The maximum Gasteiger partial charge on any atom is 0.0794 e. The molecule has 4 rings (SSSR count). The highest BCUT2D eigenvalue weighted by molar-refractivity contribution is 7.09. The first kappa shape index (κ1) is 16.6. The van der Waals surface area contributed by atoms with Crippen LogP contribution in [-0.4, -0.2) is 53.0 Å². The average Bonchev–Trinajstić information content (AvgIpc) is 3.06. The lowest BCUT2D eigenvalue weighted by atomic mass is 9.96. The third-order valence-corrected chi connectivity index (χ3v) is 5.77. The molecule has 0 unspecified atom stereocenters. The van der Waals surface area contributed by atoms with Gasteiger partial charge in [0.1, 0.15) is 0 Å². The lowest BCUT2D eigenvalue weighted by Gasteiger charge is -2.23. The van der Waals surface area contributed by atoms with Gasteiger partial charge in [-0.25, -0.2) is 0 Å². The van der Waals surface area contributed by atoms with E-state index in [0.717, 1.165) is 39.1 Å². The quantitative estimate of drug-likeness (QED) is 0.721. The molecule has 0 saturated carbocycles. The number of thiazole rings is 1. The number of hydrogen-bond acceptors (Lipinski definition) is 5. The van der Waals surface area contributed by atoms with E-state index < -0.39 is 0 Å². The summed E-state index contributed by atoms with van der Waals surface area (Å²) in [6, 6.07) is 8.59. The Kier molecular flexibility index (Phi) is 5.06. The topological polar surface area (TPSA) is 32.3 Å². The minimum atomic E-state index is 0.619. The standard InChI is InChI=1S/C20H24N4S/c1-23-6-7-24(14-19-11-22-15-25-19)13-16(12-23)8-18-10-21-9-17-4-2-3-5-20(17)18/h2-5,9-11,15-16H,6-8,12-14H2,1H3/t16-/m1/s1. The summed E-state index contributed by atoms with van der Waals surface area (Å²) < 4.78 is 0. The lowest BCUT2D eigenvalue weighted by molar-refractivity contribution is 0.251. The molecule has 0 amide bonds. The molecule has 1 fully saturated rings. The summed E-state index contributed by atoms with van der Waals surface area (Å²) in [5.74, 6) is 0.619. The van der Waals surface area contributed by atoms with Gasteiger partial charge < -0.3 is 4.90 Å². The van der Waals surface area contributed by atoms with E-state index >= 15 is 0 Å². The zero-order valence-electron chi connectivity index (χ0n) is 14.6. The van der Waals surface area contributed by atoms with Crippen LogP contribution in [-0.2, 0) is 13.0 Å². The zero-order valence-corrected chi connectivity index (χ0v) is 15.5. The monoisotopic (exact) mass is 352 g/mol. The van der Waals surface area contributed by atoms with Gasteiger partial charge in [0.15, 0.2) is 0 Å². The Morgan fingerprint density at radius 2 is 2.00 bits per heavy atom. The van der Waals surface area contributed by atoms with Crippen LogP contribution < -0.4 is 0 Å². The molecular weight excluding hydrogens is 328 g/mol. The summed E-state index contributed by atoms with van der Waals surface area (Å²) in [6.07, 6.45) is 7.11. The minimum absolute atomic E-state index is 0.619. The highest BCUT2D eigenvalue weighted by Crippen LogP contribution is 2.22. The van der Waals surface area contributed by atoms with Gasteiger partial charge in [-0.1, -0.05) is 24.3 Å². The Morgan fingerprint density at radius 1 is 1.08 bits per heavy atom. The minimum Gasteiger partial charge on any atom is -0.305 e. The van der Waals surface area contributed by atoms with Crippen LogP contribution in [0.3, 0.4) is 0 Å². The van der Waals surface area contributed by atoms with Gasteiger partial charge in [0.25, 0.3) is 0 Å². The molecule has 1 saturated heterocycles. The first-order chi connectivity index (χ1) is 12.3. The van der Waals surface area contributed by atoms with Crippen molar-refractivity contribution in [3.63, 3.8) is 0 Å². The summed E-state index contributed by atoms with van der Waals surface area (Å²) in [5.41, 5.74) is 3.30. The summed E-state index contributed by atoms with van der Waals surface area (Å²) in [4.78, 5) is 15.1. The Labute approximate surface area is 153 Å². The summed E-state index contributed by atoms with van der Waals surface area (Å²) in [5, 5.41) is 2.59. The van der Waals surface area contributed by atoms with Crippen LogP contribution in [0.25, 0.3) is 10.8 Å². The highest BCUT2D eigenvalue weighted by Gasteiger charge is 2.22. The number of rotatable bonds is 4. The van der Waals surface area contributed by atoms with Crippen molar-refractivity contribution in [2.45, 2.75) is 13.0 Å². The molecule has 4 nitrogen and oxygen atoms in total. The molecule has 0 bridgehead atoms. The van der Waals surface area contributed by atoms with Gasteiger partial charge >= 0.3 is 0 Å². The SMILES string of the molecule is CN1CCN(Cc2cncs2)C[C@H](Cc2cncc3ccccc23)C1. The van der Waals surface area contributed by atoms with Crippen molar-refractivity contribution in [3.8, 4) is 0 Å². The smallest absolute Gasteiger partial charge is 0.0794 e. The van der Waals surface area contributed by atoms with Gasteiger partial charge in [-0.2, -0.15) is 0 Å². The van der Waals surface area contributed by atoms with E-state index in [-0.39, 0.29) is 0 Å². The van der Waals surface area contributed by atoms with Crippen LogP contribution in [0.5, 0.6) is 0 Å². The van der Waals surface area contributed by atoms with Crippen molar-refractivity contribution < 1.29 is 0 Å². The third kappa shape index (κ3) is 4.06. The molecule has 0 N–H and O–H groups in total. The number of pyridine rings is 1. The van der Waals surface area contributed by atoms with Crippen LogP contribution in [0.2, 0.25) is 0 Å². The van der Waals surface area contributed by atoms with E-state index in [1.54, 1.807) is 11.3 Å². The molecule has 0 spiro atoms. The molecular formula is C20H24N4S. The van der Waals surface area contributed by atoms with Crippen molar-refractivity contribution in [1.82, 2.24) is 19.8 Å². The van der Waals surface area contributed by atoms with Gasteiger partial charge in [-0.15, -0.1) is 11.3 Å². The second-order valence-electron chi connectivity index (χ2n) is 7.06. The number of nitrogens with zero attached hydrogens (tertiary/aromatic N) is 4. The average molecular weight is 353 g/mol. The Balaban J connectivity index is 1.53. The number of aromatic nitrogens is 2. The molecule has 3 heterocycles. The number of benzene rings is 1. The highest BCUT2D eigenvalue weighted by atomic mass is 32.1. The van der Waals surface area contributed by atoms with Gasteiger partial charge in [-0.3, -0.25) is 14.9 Å². The Bertz CT molecular complexity index is 812. The Hall–Kier alpha value is -1.82. The molecule has 3 aromatic rings. The molecule has 1 atom stereocenters. The molecule has 1 aromatic carbocycles. The van der Waals surface area contributed by atoms with E-state index in [1.165, 1.54) is 21.2 Å². The van der Waals surface area contributed by atoms with Gasteiger partial charge in [0.2, 0.25) is 0 Å². The number of fused-ring (bicyclic) bond motifs is 1. The van der Waals surface area contributed by atoms with Gasteiger partial charge in [0, 0.05) is 61.6 Å². The first-order valence-corrected chi connectivity index (χ1v) is 9.76. The molecule has 1 aliphatic rings. The normalized spacial score (nSPS) is 20.0. The predicted octanol–water partition coefficient (Wildman–Crippen LogP) is 3.30. The van der Waals surface area contributed by atoms with Gasteiger partial charge in [0.05, 0.1) is 5.51 Å². The van der Waals surface area contributed by atoms with Crippen molar-refractivity contribution >= 4 is 22.1 Å². The molecule has 130 valence electrons. The molecule has 25 heavy (non-hydrogen) atoms. The fourth-order valence-electron chi connectivity index (χ4n) is 3.82. The largest absolute Gasteiger partial charge is 0.305 e. The second kappa shape index (κ2) is 7.60. The van der Waals surface area contributed by atoms with E-state index in [2.05, 4.69) is 57.3 Å². The van der Waals surface area contributed by atoms with Crippen LogP contribution in [0.15, 0.2) is 48.4 Å². The molecule has 2 aromatic heterocycles. The molecule has 5 heteroatoms. The van der Waals surface area contributed by atoms with Crippen LogP contribution in [0.4, 0.5) is 0 Å². The first-order valence-electron chi connectivity index (χ1n) is 8.88. The molecule has 0 aliphatic carbocycles. The summed E-state index contributed by atoms with van der Waals surface area (Å²) >= 11 is 1.75. The van der Waals surface area contributed by atoms with Gasteiger partial charge in [-0.05, 0) is 30.3 Å². The third-order valence-electron chi connectivity index (χ3n) is 5.01. The fraction of sp³-hybridized carbons (Fsp3) is 0.400. The summed E-state index contributed by atoms with van der Waals surface area (Å²) in [7, 11) is 2.24. The Morgan fingerprint density at radius 3 is 2.88 bits per heavy atom. The van der Waals surface area contributed by atoms with Crippen molar-refractivity contribution in [1.29, 1.82) is 0 Å². The zero-order chi connectivity index (χ0) is 17.1.